The first kappa shape index (κ1) is 101. The molecule has 0 spiro atoms. The van der Waals surface area contributed by atoms with Gasteiger partial charge in [0, 0.05) is 27.7 Å². The van der Waals surface area contributed by atoms with E-state index in [9.17, 15) is 15.2 Å². The molecular formula is C112H161N5O6Si. The first-order valence-electron chi connectivity index (χ1n) is 50.6. The lowest BCUT2D eigenvalue weighted by atomic mass is 10.0. The highest BCUT2D eigenvalue weighted by molar-refractivity contribution is 6.87. The van der Waals surface area contributed by atoms with Crippen LogP contribution in [0.5, 0.6) is 23.0 Å². The molecular weight excluding hydrogens is 1540 g/mol. The van der Waals surface area contributed by atoms with Gasteiger partial charge < -0.3 is 34.0 Å². The van der Waals surface area contributed by atoms with Crippen LogP contribution in [0.25, 0.3) is 74.7 Å². The van der Waals surface area contributed by atoms with Crippen LogP contribution in [0.3, 0.4) is 0 Å². The molecule has 8 rings (SSSR count). The maximum Gasteiger partial charge on any atom is 0.346 e. The number of nitrogens with zero attached hydrogens (tertiary/aromatic N) is 3. The Bertz CT molecular complexity index is 4270. The minimum atomic E-state index is -2.27. The van der Waals surface area contributed by atoms with Crippen molar-refractivity contribution in [1.82, 2.24) is 19.9 Å². The number of rotatable bonds is 67. The van der Waals surface area contributed by atoms with Gasteiger partial charge in [0.1, 0.15) is 42.7 Å². The normalized spacial score (nSPS) is 11.9. The second-order valence-corrected chi connectivity index (χ2v) is 40.0. The lowest BCUT2D eigenvalue weighted by Gasteiger charge is -2.27. The first-order chi connectivity index (χ1) is 61.1. The van der Waals surface area contributed by atoms with E-state index in [1.807, 2.05) is 18.2 Å². The van der Waals surface area contributed by atoms with Crippen molar-refractivity contribution in [2.24, 2.45) is 0 Å². The van der Waals surface area contributed by atoms with Crippen molar-refractivity contribution in [2.45, 2.75) is 400 Å². The summed E-state index contributed by atoms with van der Waals surface area (Å²) in [6.45, 7) is 18.4. The van der Waals surface area contributed by atoms with Gasteiger partial charge in [0.2, 0.25) is 0 Å². The molecule has 6 aromatic rings. The van der Waals surface area contributed by atoms with Gasteiger partial charge in [-0.1, -0.05) is 399 Å². The predicted molar refractivity (Wildman–Crippen MR) is 532 cm³/mol. The summed E-state index contributed by atoms with van der Waals surface area (Å²) in [6, 6.07) is 34.3. The number of carbonyl (C=O) groups is 1. The number of benzene rings is 3. The largest absolute Gasteiger partial charge is 0.493 e. The van der Waals surface area contributed by atoms with Crippen LogP contribution in [-0.4, -0.2) is 65.5 Å². The zero-order valence-corrected chi connectivity index (χ0v) is 79.5. The van der Waals surface area contributed by atoms with Crippen molar-refractivity contribution < 1.29 is 28.8 Å². The van der Waals surface area contributed by atoms with E-state index in [0.29, 0.717) is 48.8 Å². The van der Waals surface area contributed by atoms with Crippen LogP contribution in [0.1, 0.15) is 427 Å². The molecule has 0 unspecified atom stereocenters. The maximum atomic E-state index is 12.0. The molecule has 0 radical (unpaired) electrons. The van der Waals surface area contributed by atoms with Crippen molar-refractivity contribution in [2.75, 3.05) is 26.4 Å². The molecule has 0 fully saturated rings. The summed E-state index contributed by atoms with van der Waals surface area (Å²) in [6.07, 6.45) is 74.0. The Kier molecular flexibility index (Phi) is 50.3. The number of ether oxygens (including phenoxy) is 4. The fourth-order valence-electron chi connectivity index (χ4n) is 17.6. The number of aromatic amines is 2. The Balaban J connectivity index is 1.42. The highest BCUT2D eigenvalue weighted by Gasteiger charge is 2.31. The molecule has 11 nitrogen and oxygen atoms in total. The smallest absolute Gasteiger partial charge is 0.346 e. The molecule has 0 saturated heterocycles. The summed E-state index contributed by atoms with van der Waals surface area (Å²) in [5.41, 5.74) is 16.6. The number of nitriles is 1. The zero-order chi connectivity index (χ0) is 87.5. The summed E-state index contributed by atoms with van der Waals surface area (Å²) in [4.78, 5) is 32.0. The molecule has 0 aliphatic carbocycles. The number of hydrogen-bond donors (Lipinski definition) is 3. The van der Waals surface area contributed by atoms with Crippen LogP contribution in [-0.2, 0) is 4.79 Å². The van der Waals surface area contributed by atoms with E-state index >= 15 is 0 Å². The van der Waals surface area contributed by atoms with E-state index in [2.05, 4.69) is 167 Å². The minimum Gasteiger partial charge on any atom is -0.493 e. The quantitative estimate of drug-likeness (QED) is 0.0111. The van der Waals surface area contributed by atoms with Gasteiger partial charge in [-0.3, -0.25) is 0 Å². The molecule has 0 saturated carbocycles. The second kappa shape index (κ2) is 61.8. The Morgan fingerprint density at radius 3 is 0.927 bits per heavy atom. The molecule has 12 heteroatoms. The molecule has 5 heterocycles. The zero-order valence-electron chi connectivity index (χ0n) is 78.5. The topological polar surface area (TPSA) is 155 Å². The van der Waals surface area contributed by atoms with Gasteiger partial charge in [0.15, 0.2) is 0 Å². The fraction of sp³-hybridized carbons (Fsp3) is 0.589. The molecule has 124 heavy (non-hydrogen) atoms. The average molecular weight is 1700 g/mol. The summed E-state index contributed by atoms with van der Waals surface area (Å²) in [7, 11) is -2.27. The number of aromatic nitrogens is 4. The Labute approximate surface area is 752 Å². The maximum absolute atomic E-state index is 12.0. The van der Waals surface area contributed by atoms with Crippen molar-refractivity contribution in [3.8, 4) is 74.6 Å². The Morgan fingerprint density at radius 2 is 0.621 bits per heavy atom. The molecule has 3 aromatic carbocycles. The summed E-state index contributed by atoms with van der Waals surface area (Å²) >= 11 is 0. The van der Waals surface area contributed by atoms with Crippen LogP contribution in [0, 0.1) is 34.6 Å². The lowest BCUT2D eigenvalue weighted by Crippen LogP contribution is -2.32. The summed E-state index contributed by atoms with van der Waals surface area (Å²) in [5.74, 6) is 13.1. The van der Waals surface area contributed by atoms with Gasteiger partial charge in [-0.25, -0.2) is 14.8 Å². The van der Waals surface area contributed by atoms with Crippen molar-refractivity contribution >= 4 is 66.5 Å². The molecule has 0 atom stereocenters. The number of aliphatic carboxylic acids is 1. The van der Waals surface area contributed by atoms with Gasteiger partial charge in [0.05, 0.1) is 82.5 Å². The lowest BCUT2D eigenvalue weighted by molar-refractivity contribution is -0.132. The Morgan fingerprint density at radius 1 is 0.339 bits per heavy atom. The van der Waals surface area contributed by atoms with Crippen LogP contribution in [0.4, 0.5) is 0 Å². The third-order valence-corrected chi connectivity index (χ3v) is 29.7. The van der Waals surface area contributed by atoms with Gasteiger partial charge in [-0.15, -0.1) is 5.54 Å². The summed E-state index contributed by atoms with van der Waals surface area (Å²) in [5, 5.41) is 19.5. The molecule has 3 N–H and O–H groups in total. The van der Waals surface area contributed by atoms with E-state index in [1.165, 1.54) is 307 Å². The molecule has 3 aromatic heterocycles. The molecule has 8 bridgehead atoms. The van der Waals surface area contributed by atoms with Crippen molar-refractivity contribution in [3.05, 3.63) is 136 Å². The van der Waals surface area contributed by atoms with Crippen molar-refractivity contribution in [3.63, 3.8) is 0 Å². The molecule has 2 aliphatic rings. The van der Waals surface area contributed by atoms with E-state index in [-0.39, 0.29) is 5.57 Å². The standard InChI is InChI=1S/C112H161N5O6Si/c1-8-15-22-29-33-37-41-45-49-53-81-120-104-62-60-63-105(121-82-54-50-46-42-38-34-30-23-16-9-2)110(104)108-100-76-72-96(114-100)94(71-70-91-66-68-92(69-67-91)89-93(90-113)112(118)119)97-73-77-101(115-97)109(111-106(122-83-55-51-47-43-39-35-31-24-17-10-3)64-61-65-107(111)123-84-56-52-48-44-40-36-32-25-18-11-4)103-79-75-99(117-103)95(98-74-78-102(108)116-98)80-88-124(85-57-26-19-12-5,86-58-27-20-13-6)87-59-28-21-14-7/h60-69,72-79,89,114,117H,8-59,81-87H2,1-7H3,(H,118,119)/b93-89+,96-94?,97-94?,98-95?,99-95?,108-100?,108-102?,109-101?,109-103?. The number of hydrogen-bond acceptors (Lipinski definition) is 8. The third-order valence-electron chi connectivity index (χ3n) is 25.1. The Hall–Kier alpha value is -8.50. The molecule has 2 aliphatic heterocycles. The molecule has 0 amide bonds. The van der Waals surface area contributed by atoms with Crippen LogP contribution in [0.15, 0.2) is 90.5 Å². The second-order valence-electron chi connectivity index (χ2n) is 35.7. The molecule has 674 valence electrons. The number of carboxylic acids is 1. The van der Waals surface area contributed by atoms with Crippen LogP contribution >= 0.6 is 0 Å². The van der Waals surface area contributed by atoms with Gasteiger partial charge in [-0.05, 0) is 140 Å². The van der Waals surface area contributed by atoms with E-state index in [4.69, 9.17) is 28.9 Å². The van der Waals surface area contributed by atoms with E-state index in [1.54, 1.807) is 12.1 Å². The van der Waals surface area contributed by atoms with Crippen LogP contribution in [0.2, 0.25) is 18.1 Å². The highest BCUT2D eigenvalue weighted by Crippen LogP contribution is 2.46. The fourth-order valence-corrected chi connectivity index (χ4v) is 21.9. The minimum absolute atomic E-state index is 0.343. The highest BCUT2D eigenvalue weighted by atomic mass is 28.3. The number of carboxylic acid groups (broad SMARTS) is 1. The van der Waals surface area contributed by atoms with Gasteiger partial charge >= 0.3 is 5.97 Å². The number of unbranched alkanes of at least 4 members (excludes halogenated alkanes) is 45. The van der Waals surface area contributed by atoms with Gasteiger partial charge in [-0.2, -0.15) is 5.26 Å². The predicted octanol–water partition coefficient (Wildman–Crippen LogP) is 33.7. The first-order valence-corrected chi connectivity index (χ1v) is 53.2. The summed E-state index contributed by atoms with van der Waals surface area (Å²) < 4.78 is 28.7. The SMILES string of the molecule is CCCCCCCCCCCCOc1cccc(OCCCCCCCCCCCC)c1-c1c2nc(c(C#C[Si](CCCCCC)(CCCCCC)CCCCCC)c3ccc([nH]3)c(-c3c(OCCCCCCCCCCCC)cccc3OCCCCCCCCCCCC)c3nc(c(C#Cc4ccc(/C=C(\C#N)C(=O)O)cc4)c4ccc1[nH]4)C=C3)C=C2. The van der Waals surface area contributed by atoms with Crippen molar-refractivity contribution in [1.29, 1.82) is 5.26 Å². The number of H-pyrrole nitrogens is 2. The van der Waals surface area contributed by atoms with Crippen LogP contribution < -0.4 is 18.9 Å². The number of fused-ring (bicyclic) bond motifs is 8. The average Bonchev–Trinajstić information content (AvgIpc) is 1.61. The van der Waals surface area contributed by atoms with E-state index in [0.717, 1.165) is 141 Å². The van der Waals surface area contributed by atoms with Gasteiger partial charge in [0.25, 0.3) is 0 Å². The number of nitrogens with one attached hydrogen (secondary N) is 2. The monoisotopic (exact) mass is 1700 g/mol. The van der Waals surface area contributed by atoms with E-state index < -0.39 is 14.0 Å². The third kappa shape index (κ3) is 36.1.